The van der Waals surface area contributed by atoms with Gasteiger partial charge in [-0.25, -0.2) is 0 Å². The maximum Gasteiger partial charge on any atom is 0.232 e. The Labute approximate surface area is 133 Å². The molecule has 116 valence electrons. The lowest BCUT2D eigenvalue weighted by Crippen LogP contribution is -2.36. The summed E-state index contributed by atoms with van der Waals surface area (Å²) in [7, 11) is 0. The van der Waals surface area contributed by atoms with E-state index in [9.17, 15) is 0 Å². The molecule has 1 saturated heterocycles. The van der Waals surface area contributed by atoms with Crippen LogP contribution in [0.15, 0.2) is 24.3 Å². The van der Waals surface area contributed by atoms with E-state index in [4.69, 9.17) is 22.1 Å². The number of ether oxygens (including phenoxy) is 1. The van der Waals surface area contributed by atoms with Gasteiger partial charge in [-0.05, 0) is 24.3 Å². The molecule has 0 saturated carbocycles. The third-order valence-electron chi connectivity index (χ3n) is 3.32. The lowest BCUT2D eigenvalue weighted by molar-refractivity contribution is 0.122. The van der Waals surface area contributed by atoms with Gasteiger partial charge in [0.2, 0.25) is 11.9 Å². The summed E-state index contributed by atoms with van der Waals surface area (Å²) >= 11 is 5.73. The Morgan fingerprint density at radius 1 is 1.14 bits per heavy atom. The van der Waals surface area contributed by atoms with Crippen molar-refractivity contribution < 1.29 is 4.74 Å². The molecule has 0 bridgehead atoms. The number of nitrogen functional groups attached to an aromatic ring is 1. The zero-order valence-corrected chi connectivity index (χ0v) is 12.8. The van der Waals surface area contributed by atoms with E-state index in [-0.39, 0.29) is 11.8 Å². The lowest BCUT2D eigenvalue weighted by Gasteiger charge is -2.28. The van der Waals surface area contributed by atoms with Gasteiger partial charge < -0.3 is 20.7 Å². The van der Waals surface area contributed by atoms with Gasteiger partial charge in [0.15, 0.2) is 5.82 Å². The molecule has 0 unspecified atom stereocenters. The van der Waals surface area contributed by atoms with Crippen molar-refractivity contribution in [3.8, 4) is 0 Å². The highest BCUT2D eigenvalue weighted by Gasteiger charge is 2.11. The third kappa shape index (κ3) is 3.55. The summed E-state index contributed by atoms with van der Waals surface area (Å²) in [5, 5.41) is 3.11. The summed E-state index contributed by atoms with van der Waals surface area (Å²) in [4.78, 5) is 14.5. The standard InChI is InChI=1S/C14H17ClN6O/c15-9-12-18-13(16)20-14(19-12)17-10-1-3-11(4-2-10)21-5-7-22-8-6-21/h1-4H,5-9H2,(H3,16,17,18,19,20). The highest BCUT2D eigenvalue weighted by molar-refractivity contribution is 6.16. The van der Waals surface area contributed by atoms with Crippen LogP contribution in [-0.4, -0.2) is 41.3 Å². The van der Waals surface area contributed by atoms with E-state index in [0.717, 1.165) is 32.0 Å². The van der Waals surface area contributed by atoms with Crippen molar-refractivity contribution >= 4 is 34.9 Å². The molecule has 22 heavy (non-hydrogen) atoms. The number of nitrogens with two attached hydrogens (primary N) is 1. The van der Waals surface area contributed by atoms with Gasteiger partial charge in [-0.1, -0.05) is 0 Å². The fraction of sp³-hybridized carbons (Fsp3) is 0.357. The van der Waals surface area contributed by atoms with Crippen LogP contribution in [0.3, 0.4) is 0 Å². The number of alkyl halides is 1. The number of hydrogen-bond acceptors (Lipinski definition) is 7. The van der Waals surface area contributed by atoms with Gasteiger partial charge in [-0.3, -0.25) is 0 Å². The van der Waals surface area contributed by atoms with Gasteiger partial charge in [0.1, 0.15) is 0 Å². The molecule has 1 aliphatic rings. The molecule has 1 aromatic carbocycles. The molecular formula is C14H17ClN6O. The Kier molecular flexibility index (Phi) is 4.55. The maximum atomic E-state index is 5.73. The molecule has 1 fully saturated rings. The summed E-state index contributed by atoms with van der Waals surface area (Å²) < 4.78 is 5.36. The second-order valence-corrected chi connectivity index (χ2v) is 5.11. The Morgan fingerprint density at radius 3 is 2.55 bits per heavy atom. The molecule has 2 aromatic rings. The van der Waals surface area contributed by atoms with Gasteiger partial charge in [-0.15, -0.1) is 11.6 Å². The number of morpholine rings is 1. The third-order valence-corrected chi connectivity index (χ3v) is 3.56. The number of anilines is 4. The van der Waals surface area contributed by atoms with Gasteiger partial charge >= 0.3 is 0 Å². The number of hydrogen-bond donors (Lipinski definition) is 2. The Hall–Kier alpha value is -2.12. The predicted molar refractivity (Wildman–Crippen MR) is 86.6 cm³/mol. The number of aromatic nitrogens is 3. The smallest absolute Gasteiger partial charge is 0.232 e. The molecule has 0 spiro atoms. The van der Waals surface area contributed by atoms with Crippen molar-refractivity contribution in [2.45, 2.75) is 5.88 Å². The van der Waals surface area contributed by atoms with E-state index < -0.39 is 0 Å². The van der Waals surface area contributed by atoms with Crippen molar-refractivity contribution in [2.75, 3.05) is 42.3 Å². The van der Waals surface area contributed by atoms with Crippen LogP contribution < -0.4 is 16.0 Å². The number of nitrogens with one attached hydrogen (secondary N) is 1. The highest BCUT2D eigenvalue weighted by Crippen LogP contribution is 2.21. The number of halogens is 1. The van der Waals surface area contributed by atoms with Crippen LogP contribution in [0.2, 0.25) is 0 Å². The monoisotopic (exact) mass is 320 g/mol. The second-order valence-electron chi connectivity index (χ2n) is 4.84. The minimum atomic E-state index is 0.151. The van der Waals surface area contributed by atoms with Gasteiger partial charge in [-0.2, -0.15) is 15.0 Å². The van der Waals surface area contributed by atoms with E-state index in [0.29, 0.717) is 11.8 Å². The van der Waals surface area contributed by atoms with Gasteiger partial charge in [0.05, 0.1) is 19.1 Å². The Morgan fingerprint density at radius 2 is 1.86 bits per heavy atom. The molecule has 0 atom stereocenters. The van der Waals surface area contributed by atoms with Gasteiger partial charge in [0, 0.05) is 24.5 Å². The average molecular weight is 321 g/mol. The molecule has 0 amide bonds. The largest absolute Gasteiger partial charge is 0.378 e. The minimum absolute atomic E-state index is 0.151. The molecule has 1 aliphatic heterocycles. The quantitative estimate of drug-likeness (QED) is 0.830. The van der Waals surface area contributed by atoms with Crippen molar-refractivity contribution in [1.29, 1.82) is 0 Å². The summed E-state index contributed by atoms with van der Waals surface area (Å²) in [6, 6.07) is 8.07. The number of rotatable bonds is 4. The van der Waals surface area contributed by atoms with Crippen molar-refractivity contribution in [3.63, 3.8) is 0 Å². The summed E-state index contributed by atoms with van der Waals surface area (Å²) in [5.74, 6) is 1.18. The first-order chi connectivity index (χ1) is 10.7. The average Bonchev–Trinajstić information content (AvgIpc) is 2.56. The zero-order valence-electron chi connectivity index (χ0n) is 12.0. The van der Waals surface area contributed by atoms with E-state index in [1.54, 1.807) is 0 Å². The molecule has 0 aliphatic carbocycles. The fourth-order valence-corrected chi connectivity index (χ4v) is 2.38. The van der Waals surface area contributed by atoms with E-state index in [1.165, 1.54) is 5.69 Å². The SMILES string of the molecule is Nc1nc(CCl)nc(Nc2ccc(N3CCOCC3)cc2)n1. The lowest BCUT2D eigenvalue weighted by atomic mass is 10.2. The van der Waals surface area contributed by atoms with Crippen molar-refractivity contribution in [2.24, 2.45) is 0 Å². The molecule has 2 heterocycles. The van der Waals surface area contributed by atoms with E-state index >= 15 is 0 Å². The summed E-state index contributed by atoms with van der Waals surface area (Å²) in [6.07, 6.45) is 0. The first kappa shape index (κ1) is 14.8. The molecule has 1 aromatic heterocycles. The Balaban J connectivity index is 1.71. The molecular weight excluding hydrogens is 304 g/mol. The van der Waals surface area contributed by atoms with Crippen molar-refractivity contribution in [3.05, 3.63) is 30.1 Å². The number of benzene rings is 1. The molecule has 3 N–H and O–H groups in total. The highest BCUT2D eigenvalue weighted by atomic mass is 35.5. The van der Waals surface area contributed by atoms with E-state index in [1.807, 2.05) is 12.1 Å². The molecule has 0 radical (unpaired) electrons. The fourth-order valence-electron chi connectivity index (χ4n) is 2.26. The maximum absolute atomic E-state index is 5.73. The summed E-state index contributed by atoms with van der Waals surface area (Å²) in [6.45, 7) is 3.36. The topological polar surface area (TPSA) is 89.2 Å². The van der Waals surface area contributed by atoms with Crippen LogP contribution in [0.5, 0.6) is 0 Å². The summed E-state index contributed by atoms with van der Waals surface area (Å²) in [5.41, 5.74) is 7.68. The van der Waals surface area contributed by atoms with Crippen LogP contribution in [0.4, 0.5) is 23.3 Å². The van der Waals surface area contributed by atoms with E-state index in [2.05, 4.69) is 37.3 Å². The Bertz CT molecular complexity index is 630. The number of nitrogens with zero attached hydrogens (tertiary/aromatic N) is 4. The minimum Gasteiger partial charge on any atom is -0.378 e. The van der Waals surface area contributed by atoms with Crippen molar-refractivity contribution in [1.82, 2.24) is 15.0 Å². The second kappa shape index (κ2) is 6.76. The zero-order chi connectivity index (χ0) is 15.4. The molecule has 3 rings (SSSR count). The van der Waals surface area contributed by atoms with Crippen LogP contribution in [0.1, 0.15) is 5.82 Å². The first-order valence-corrected chi connectivity index (χ1v) is 7.54. The molecule has 7 nitrogen and oxygen atoms in total. The van der Waals surface area contributed by atoms with Crippen LogP contribution in [0, 0.1) is 0 Å². The van der Waals surface area contributed by atoms with Crippen LogP contribution in [0.25, 0.3) is 0 Å². The first-order valence-electron chi connectivity index (χ1n) is 7.01. The predicted octanol–water partition coefficient (Wildman–Crippen LogP) is 1.77. The normalized spacial score (nSPS) is 14.9. The van der Waals surface area contributed by atoms with Gasteiger partial charge in [0.25, 0.3) is 0 Å². The van der Waals surface area contributed by atoms with Crippen LogP contribution in [-0.2, 0) is 10.6 Å². The van der Waals surface area contributed by atoms with Crippen LogP contribution >= 0.6 is 11.6 Å². The molecule has 8 heteroatoms.